The third-order valence-corrected chi connectivity index (χ3v) is 4.38. The zero-order valence-electron chi connectivity index (χ0n) is 9.34. The molecule has 0 amide bonds. The molecule has 0 saturated heterocycles. The third kappa shape index (κ3) is 3.05. The van der Waals surface area contributed by atoms with Crippen molar-refractivity contribution < 1.29 is 31.1 Å². The van der Waals surface area contributed by atoms with Crippen molar-refractivity contribution >= 4 is 37.5 Å². The van der Waals surface area contributed by atoms with E-state index in [1.165, 1.54) is 6.07 Å². The first-order valence-corrected chi connectivity index (χ1v) is 7.16. The maximum Gasteiger partial charge on any atom is 0.491 e. The van der Waals surface area contributed by atoms with Gasteiger partial charge in [-0.1, -0.05) is 0 Å². The molecule has 0 aliphatic carbocycles. The van der Waals surface area contributed by atoms with Gasteiger partial charge in [0.2, 0.25) is 4.34 Å². The smallest absolute Gasteiger partial charge is 0.420 e. The van der Waals surface area contributed by atoms with E-state index in [0.29, 0.717) is 4.70 Å². The first-order valence-electron chi connectivity index (χ1n) is 4.80. The molecule has 2 rings (SSSR count). The summed E-state index contributed by atoms with van der Waals surface area (Å²) in [5.74, 6) is -2.77. The number of fused-ring (bicyclic) bond motifs is 1. The molecule has 1 heterocycles. The number of nitrogens with two attached hydrogens (primary N) is 1. The summed E-state index contributed by atoms with van der Waals surface area (Å²) in [6, 6.07) is 3.39. The molecular weight excluding hydrogens is 321 g/mol. The van der Waals surface area contributed by atoms with Gasteiger partial charge in [0.1, 0.15) is 5.75 Å². The van der Waals surface area contributed by atoms with E-state index >= 15 is 0 Å². The van der Waals surface area contributed by atoms with E-state index in [-0.39, 0.29) is 9.86 Å². The molecule has 11 heteroatoms. The van der Waals surface area contributed by atoms with Crippen molar-refractivity contribution in [2.24, 2.45) is 5.14 Å². The molecule has 0 fully saturated rings. The highest BCUT2D eigenvalue weighted by Crippen LogP contribution is 2.29. The van der Waals surface area contributed by atoms with E-state index in [1.807, 2.05) is 0 Å². The average Bonchev–Trinajstić information content (AvgIpc) is 2.70. The Morgan fingerprint density at radius 1 is 1.35 bits per heavy atom. The molecule has 0 atom stereocenters. The topological polar surface area (TPSA) is 99.4 Å². The van der Waals surface area contributed by atoms with Gasteiger partial charge in [-0.15, -0.1) is 11.3 Å². The van der Waals surface area contributed by atoms with Crippen molar-refractivity contribution in [1.82, 2.24) is 4.98 Å². The largest absolute Gasteiger partial charge is 0.491 e. The molecule has 1 aromatic carbocycles. The van der Waals surface area contributed by atoms with Crippen molar-refractivity contribution in [1.29, 1.82) is 0 Å². The lowest BCUT2D eigenvalue weighted by Gasteiger charge is -2.06. The van der Waals surface area contributed by atoms with E-state index in [0.717, 1.165) is 23.5 Å². The summed E-state index contributed by atoms with van der Waals surface area (Å²) in [6.07, 6.45) is -5.12. The first-order chi connectivity index (χ1) is 9.07. The highest BCUT2D eigenvalue weighted by Gasteiger charge is 2.41. The Labute approximate surface area is 114 Å². The van der Waals surface area contributed by atoms with Crippen molar-refractivity contribution in [3.8, 4) is 5.75 Å². The van der Waals surface area contributed by atoms with Gasteiger partial charge in [0.05, 0.1) is 10.2 Å². The molecular formula is C9H5F3N2O4S2. The number of hydrogen-bond donors (Lipinski definition) is 1. The van der Waals surface area contributed by atoms with Gasteiger partial charge in [0, 0.05) is 6.07 Å². The molecule has 0 saturated carbocycles. The van der Waals surface area contributed by atoms with Gasteiger partial charge < -0.3 is 4.74 Å². The van der Waals surface area contributed by atoms with Crippen LogP contribution in [0.25, 0.3) is 10.2 Å². The summed E-state index contributed by atoms with van der Waals surface area (Å²) in [5.41, 5.74) is 0.0616. The molecule has 1 aromatic heterocycles. The van der Waals surface area contributed by atoms with Crippen LogP contribution in [0.5, 0.6) is 5.75 Å². The number of carbonyl (C=O) groups is 1. The molecule has 2 aromatic rings. The SMILES string of the molecule is NS(=O)(=O)c1nc2cc(OC(=O)C(F)(F)F)ccc2s1. The highest BCUT2D eigenvalue weighted by atomic mass is 32.2. The summed E-state index contributed by atoms with van der Waals surface area (Å²) in [4.78, 5) is 14.3. The molecule has 0 spiro atoms. The van der Waals surface area contributed by atoms with Gasteiger partial charge in [-0.2, -0.15) is 13.2 Å². The summed E-state index contributed by atoms with van der Waals surface area (Å²) in [7, 11) is -4.00. The number of alkyl halides is 3. The van der Waals surface area contributed by atoms with Gasteiger partial charge >= 0.3 is 12.1 Å². The van der Waals surface area contributed by atoms with E-state index in [9.17, 15) is 26.4 Å². The van der Waals surface area contributed by atoms with Crippen LogP contribution in [0.1, 0.15) is 0 Å². The number of ether oxygens (including phenoxy) is 1. The number of sulfonamides is 1. The lowest BCUT2D eigenvalue weighted by Crippen LogP contribution is -2.27. The van der Waals surface area contributed by atoms with Crippen molar-refractivity contribution in [3.63, 3.8) is 0 Å². The van der Waals surface area contributed by atoms with Crippen LogP contribution in [-0.2, 0) is 14.8 Å². The van der Waals surface area contributed by atoms with Crippen molar-refractivity contribution in [2.75, 3.05) is 0 Å². The van der Waals surface area contributed by atoms with Crippen LogP contribution in [0, 0.1) is 0 Å². The maximum atomic E-state index is 12.0. The van der Waals surface area contributed by atoms with Crippen LogP contribution in [0.15, 0.2) is 22.5 Å². The van der Waals surface area contributed by atoms with Crippen molar-refractivity contribution in [2.45, 2.75) is 10.5 Å². The number of carbonyl (C=O) groups excluding carboxylic acids is 1. The number of nitrogens with zero attached hydrogens (tertiary/aromatic N) is 1. The van der Waals surface area contributed by atoms with Crippen LogP contribution in [0.3, 0.4) is 0 Å². The number of benzene rings is 1. The van der Waals surface area contributed by atoms with Gasteiger partial charge in [-0.25, -0.2) is 23.3 Å². The number of esters is 1. The quantitative estimate of drug-likeness (QED) is 0.664. The predicted octanol–water partition coefficient (Wildman–Crippen LogP) is 1.41. The van der Waals surface area contributed by atoms with E-state index in [2.05, 4.69) is 9.72 Å². The second-order valence-electron chi connectivity index (χ2n) is 3.54. The number of aromatic nitrogens is 1. The Morgan fingerprint density at radius 2 is 2.00 bits per heavy atom. The predicted molar refractivity (Wildman–Crippen MR) is 62.7 cm³/mol. The lowest BCUT2D eigenvalue weighted by atomic mass is 10.3. The minimum absolute atomic E-state index is 0.0616. The summed E-state index contributed by atoms with van der Waals surface area (Å²) in [6.45, 7) is 0. The lowest BCUT2D eigenvalue weighted by molar-refractivity contribution is -0.189. The Bertz CT molecular complexity index is 782. The average molecular weight is 326 g/mol. The van der Waals surface area contributed by atoms with Crippen molar-refractivity contribution in [3.05, 3.63) is 18.2 Å². The molecule has 20 heavy (non-hydrogen) atoms. The van der Waals surface area contributed by atoms with Gasteiger partial charge in [-0.3, -0.25) is 0 Å². The number of rotatable bonds is 2. The Hall–Kier alpha value is -1.72. The number of hydrogen-bond acceptors (Lipinski definition) is 6. The highest BCUT2D eigenvalue weighted by molar-refractivity contribution is 7.91. The number of thiazole rings is 1. The molecule has 2 N–H and O–H groups in total. The van der Waals surface area contributed by atoms with Crippen LogP contribution in [0.2, 0.25) is 0 Å². The van der Waals surface area contributed by atoms with Gasteiger partial charge in [-0.05, 0) is 12.1 Å². The maximum absolute atomic E-state index is 12.0. The fraction of sp³-hybridized carbons (Fsp3) is 0.111. The minimum Gasteiger partial charge on any atom is -0.420 e. The summed E-state index contributed by atoms with van der Waals surface area (Å²) < 4.78 is 62.3. The Morgan fingerprint density at radius 3 is 2.55 bits per heavy atom. The fourth-order valence-corrected chi connectivity index (χ4v) is 2.87. The molecule has 0 aliphatic heterocycles. The third-order valence-electron chi connectivity index (χ3n) is 2.02. The zero-order valence-corrected chi connectivity index (χ0v) is 11.0. The molecule has 0 radical (unpaired) electrons. The molecule has 108 valence electrons. The second kappa shape index (κ2) is 4.68. The van der Waals surface area contributed by atoms with E-state index in [4.69, 9.17) is 5.14 Å². The van der Waals surface area contributed by atoms with Gasteiger partial charge in [0.25, 0.3) is 10.0 Å². The fourth-order valence-electron chi connectivity index (χ4n) is 1.24. The molecule has 0 aliphatic rings. The number of halogens is 3. The summed E-state index contributed by atoms with van der Waals surface area (Å²) in [5, 5.41) is 4.88. The van der Waals surface area contributed by atoms with E-state index < -0.39 is 27.9 Å². The minimum atomic E-state index is -5.12. The van der Waals surface area contributed by atoms with Crippen LogP contribution < -0.4 is 9.88 Å². The molecule has 0 unspecified atom stereocenters. The summed E-state index contributed by atoms with van der Waals surface area (Å²) >= 11 is 0.751. The standard InChI is InChI=1S/C9H5F3N2O4S2/c10-9(11,12)7(15)18-4-1-2-6-5(3-4)14-8(19-6)20(13,16)17/h1-3H,(H2,13,16,17). The monoisotopic (exact) mass is 326 g/mol. The van der Waals surface area contributed by atoms with Gasteiger partial charge in [0.15, 0.2) is 0 Å². The number of primary sulfonamides is 1. The zero-order chi connectivity index (χ0) is 15.1. The van der Waals surface area contributed by atoms with Crippen LogP contribution in [0.4, 0.5) is 13.2 Å². The molecule has 6 nitrogen and oxygen atoms in total. The molecule has 0 bridgehead atoms. The Balaban J connectivity index is 2.37. The van der Waals surface area contributed by atoms with E-state index in [1.54, 1.807) is 0 Å². The first kappa shape index (κ1) is 14.7. The second-order valence-corrected chi connectivity index (χ2v) is 6.31. The normalized spacial score (nSPS) is 12.6. The van der Waals surface area contributed by atoms with Crippen LogP contribution in [-0.4, -0.2) is 25.5 Å². The Kier molecular flexibility index (Phi) is 3.44. The van der Waals surface area contributed by atoms with Crippen LogP contribution >= 0.6 is 11.3 Å².